The second-order valence-electron chi connectivity index (χ2n) is 4.78. The number of amides is 2. The Morgan fingerprint density at radius 3 is 2.70 bits per heavy atom. The summed E-state index contributed by atoms with van der Waals surface area (Å²) in [6.07, 6.45) is 1.73. The number of rotatable bonds is 7. The number of hydrogen-bond donors (Lipinski definition) is 3. The Labute approximate surface area is 119 Å². The molecule has 0 radical (unpaired) electrons. The van der Waals surface area contributed by atoms with Crippen molar-refractivity contribution >= 4 is 17.5 Å². The molecular weight excluding hydrogens is 256 g/mol. The smallest absolute Gasteiger partial charge is 0.221 e. The van der Waals surface area contributed by atoms with Crippen LogP contribution in [0.3, 0.4) is 0 Å². The third kappa shape index (κ3) is 5.84. The molecule has 1 aromatic carbocycles. The van der Waals surface area contributed by atoms with E-state index in [1.165, 1.54) is 6.92 Å². The fourth-order valence-corrected chi connectivity index (χ4v) is 1.88. The molecule has 0 heterocycles. The lowest BCUT2D eigenvalue weighted by molar-refractivity contribution is -0.122. The van der Waals surface area contributed by atoms with E-state index in [4.69, 9.17) is 5.11 Å². The van der Waals surface area contributed by atoms with Crippen LogP contribution in [0.5, 0.6) is 0 Å². The lowest BCUT2D eigenvalue weighted by Crippen LogP contribution is -2.26. The van der Waals surface area contributed by atoms with E-state index in [0.717, 1.165) is 11.3 Å². The van der Waals surface area contributed by atoms with Gasteiger partial charge in [-0.2, -0.15) is 0 Å². The van der Waals surface area contributed by atoms with Crippen molar-refractivity contribution in [1.82, 2.24) is 5.32 Å². The standard InChI is InChI=1S/C15H22N2O3/c1-11(16-15(20)8-3-4-9-18)13-6-5-7-14(10-13)17-12(2)19/h5-7,10-11,18H,3-4,8-9H2,1-2H3,(H,16,20)(H,17,19). The van der Waals surface area contributed by atoms with Crippen molar-refractivity contribution in [2.24, 2.45) is 0 Å². The van der Waals surface area contributed by atoms with Crippen LogP contribution in [0.4, 0.5) is 5.69 Å². The summed E-state index contributed by atoms with van der Waals surface area (Å²) in [5.41, 5.74) is 1.66. The summed E-state index contributed by atoms with van der Waals surface area (Å²) in [6, 6.07) is 7.28. The van der Waals surface area contributed by atoms with E-state index in [1.54, 1.807) is 6.07 Å². The zero-order valence-electron chi connectivity index (χ0n) is 12.0. The molecule has 110 valence electrons. The molecule has 2 amide bonds. The van der Waals surface area contributed by atoms with Crippen LogP contribution in [0, 0.1) is 0 Å². The van der Waals surface area contributed by atoms with Crippen molar-refractivity contribution in [3.05, 3.63) is 29.8 Å². The monoisotopic (exact) mass is 278 g/mol. The van der Waals surface area contributed by atoms with Gasteiger partial charge >= 0.3 is 0 Å². The molecule has 0 aliphatic heterocycles. The van der Waals surface area contributed by atoms with E-state index in [-0.39, 0.29) is 24.5 Å². The normalized spacial score (nSPS) is 11.8. The highest BCUT2D eigenvalue weighted by Gasteiger charge is 2.10. The number of carbonyl (C=O) groups excluding carboxylic acids is 2. The van der Waals surface area contributed by atoms with Crippen LogP contribution in [0.2, 0.25) is 0 Å². The highest BCUT2D eigenvalue weighted by molar-refractivity contribution is 5.88. The molecule has 1 atom stereocenters. The van der Waals surface area contributed by atoms with Gasteiger partial charge in [-0.3, -0.25) is 9.59 Å². The highest BCUT2D eigenvalue weighted by atomic mass is 16.3. The van der Waals surface area contributed by atoms with Gasteiger partial charge < -0.3 is 15.7 Å². The Morgan fingerprint density at radius 1 is 1.30 bits per heavy atom. The minimum Gasteiger partial charge on any atom is -0.396 e. The summed E-state index contributed by atoms with van der Waals surface area (Å²) in [6.45, 7) is 3.47. The van der Waals surface area contributed by atoms with Crippen molar-refractivity contribution in [3.8, 4) is 0 Å². The number of benzene rings is 1. The van der Waals surface area contributed by atoms with Gasteiger partial charge in [0.1, 0.15) is 0 Å². The molecule has 1 unspecified atom stereocenters. The second-order valence-corrected chi connectivity index (χ2v) is 4.78. The van der Waals surface area contributed by atoms with Crippen molar-refractivity contribution in [2.45, 2.75) is 39.2 Å². The average Bonchev–Trinajstić information content (AvgIpc) is 2.38. The predicted molar refractivity (Wildman–Crippen MR) is 78.2 cm³/mol. The van der Waals surface area contributed by atoms with Crippen LogP contribution >= 0.6 is 0 Å². The van der Waals surface area contributed by atoms with Crippen LogP contribution < -0.4 is 10.6 Å². The minimum absolute atomic E-state index is 0.0316. The van der Waals surface area contributed by atoms with Gasteiger partial charge in [0.15, 0.2) is 0 Å². The first-order chi connectivity index (χ1) is 9.52. The van der Waals surface area contributed by atoms with Crippen LogP contribution in [0.15, 0.2) is 24.3 Å². The van der Waals surface area contributed by atoms with Gasteiger partial charge in [-0.15, -0.1) is 0 Å². The van der Waals surface area contributed by atoms with Gasteiger partial charge in [-0.1, -0.05) is 12.1 Å². The molecule has 0 saturated carbocycles. The maximum atomic E-state index is 11.7. The Bertz CT molecular complexity index is 460. The SMILES string of the molecule is CC(=O)Nc1cccc(C(C)NC(=O)CCCCO)c1. The maximum absolute atomic E-state index is 11.7. The zero-order chi connectivity index (χ0) is 15.0. The molecule has 0 aliphatic carbocycles. The topological polar surface area (TPSA) is 78.4 Å². The van der Waals surface area contributed by atoms with E-state index in [0.29, 0.717) is 19.3 Å². The van der Waals surface area contributed by atoms with Gasteiger partial charge in [0, 0.05) is 25.6 Å². The van der Waals surface area contributed by atoms with Gasteiger partial charge in [-0.25, -0.2) is 0 Å². The molecule has 0 spiro atoms. The van der Waals surface area contributed by atoms with E-state index in [9.17, 15) is 9.59 Å². The first-order valence-electron chi connectivity index (χ1n) is 6.80. The lowest BCUT2D eigenvalue weighted by atomic mass is 10.1. The third-order valence-electron chi connectivity index (χ3n) is 2.90. The summed E-state index contributed by atoms with van der Waals surface area (Å²) in [5, 5.41) is 14.3. The number of carbonyl (C=O) groups is 2. The predicted octanol–water partition coefficient (Wildman–Crippen LogP) is 1.98. The second kappa shape index (κ2) is 8.32. The van der Waals surface area contributed by atoms with Gasteiger partial charge in [-0.05, 0) is 37.5 Å². The Hall–Kier alpha value is -1.88. The molecule has 1 aromatic rings. The molecule has 1 rings (SSSR count). The number of aliphatic hydroxyl groups excluding tert-OH is 1. The molecular formula is C15H22N2O3. The molecule has 3 N–H and O–H groups in total. The molecule has 20 heavy (non-hydrogen) atoms. The van der Waals surface area contributed by atoms with Crippen molar-refractivity contribution < 1.29 is 14.7 Å². The number of hydrogen-bond acceptors (Lipinski definition) is 3. The molecule has 5 nitrogen and oxygen atoms in total. The van der Waals surface area contributed by atoms with E-state index in [1.807, 2.05) is 25.1 Å². The van der Waals surface area contributed by atoms with Gasteiger partial charge in [0.25, 0.3) is 0 Å². The quantitative estimate of drug-likeness (QED) is 0.667. The minimum atomic E-state index is -0.122. The first-order valence-corrected chi connectivity index (χ1v) is 6.80. The molecule has 0 bridgehead atoms. The van der Waals surface area contributed by atoms with Gasteiger partial charge in [0.2, 0.25) is 11.8 Å². The van der Waals surface area contributed by atoms with Crippen LogP contribution in [0.1, 0.15) is 44.7 Å². The molecule has 0 aliphatic rings. The molecule has 5 heteroatoms. The fraction of sp³-hybridized carbons (Fsp3) is 0.467. The molecule has 0 fully saturated rings. The van der Waals surface area contributed by atoms with E-state index in [2.05, 4.69) is 10.6 Å². The van der Waals surface area contributed by atoms with Crippen molar-refractivity contribution in [3.63, 3.8) is 0 Å². The Morgan fingerprint density at radius 2 is 2.05 bits per heavy atom. The van der Waals surface area contributed by atoms with Crippen LogP contribution in [-0.4, -0.2) is 23.5 Å². The Balaban J connectivity index is 2.56. The maximum Gasteiger partial charge on any atom is 0.221 e. The lowest BCUT2D eigenvalue weighted by Gasteiger charge is -2.15. The summed E-state index contributed by atoms with van der Waals surface area (Å²) >= 11 is 0. The molecule has 0 aromatic heterocycles. The number of anilines is 1. The number of nitrogens with one attached hydrogen (secondary N) is 2. The third-order valence-corrected chi connectivity index (χ3v) is 2.90. The molecule has 0 saturated heterocycles. The average molecular weight is 278 g/mol. The zero-order valence-corrected chi connectivity index (χ0v) is 12.0. The summed E-state index contributed by atoms with van der Waals surface area (Å²) in [4.78, 5) is 22.7. The number of unbranched alkanes of at least 4 members (excludes halogenated alkanes) is 1. The van der Waals surface area contributed by atoms with E-state index >= 15 is 0 Å². The fourth-order valence-electron chi connectivity index (χ4n) is 1.88. The van der Waals surface area contributed by atoms with E-state index < -0.39 is 0 Å². The van der Waals surface area contributed by atoms with Crippen molar-refractivity contribution in [2.75, 3.05) is 11.9 Å². The van der Waals surface area contributed by atoms with Crippen molar-refractivity contribution in [1.29, 1.82) is 0 Å². The summed E-state index contributed by atoms with van der Waals surface area (Å²) in [7, 11) is 0. The Kier molecular flexibility index (Phi) is 6.73. The van der Waals surface area contributed by atoms with Crippen LogP contribution in [-0.2, 0) is 9.59 Å². The van der Waals surface area contributed by atoms with Crippen LogP contribution in [0.25, 0.3) is 0 Å². The summed E-state index contributed by atoms with van der Waals surface area (Å²) < 4.78 is 0. The highest BCUT2D eigenvalue weighted by Crippen LogP contribution is 2.17. The summed E-state index contributed by atoms with van der Waals surface area (Å²) in [5.74, 6) is -0.154. The largest absolute Gasteiger partial charge is 0.396 e. The first kappa shape index (κ1) is 16.2. The van der Waals surface area contributed by atoms with Gasteiger partial charge in [0.05, 0.1) is 6.04 Å². The number of aliphatic hydroxyl groups is 1.